The third kappa shape index (κ3) is 12.0. The van der Waals surface area contributed by atoms with Crippen molar-refractivity contribution in [3.8, 4) is 11.5 Å². The van der Waals surface area contributed by atoms with E-state index in [1.54, 1.807) is 0 Å². The van der Waals surface area contributed by atoms with Gasteiger partial charge >= 0.3 is 0 Å². The highest BCUT2D eigenvalue weighted by atomic mass is 127. The maximum atomic E-state index is 6.54. The van der Waals surface area contributed by atoms with E-state index in [9.17, 15) is 0 Å². The molecule has 0 fully saturated rings. The van der Waals surface area contributed by atoms with Gasteiger partial charge in [0.1, 0.15) is 0 Å². The van der Waals surface area contributed by atoms with E-state index in [4.69, 9.17) is 9.47 Å². The SMILES string of the molecule is CCCCCCCCCCCCOc1cc2c3ccc(I)cc3c3cc(I)ccc3c2cc1OCCCCCCCCCCCC. The Morgan fingerprint density at radius 2 is 0.674 bits per heavy atom. The third-order valence-electron chi connectivity index (χ3n) is 9.43. The molecule has 0 unspecified atom stereocenters. The average molecular weight is 849 g/mol. The van der Waals surface area contributed by atoms with Crippen LogP contribution in [0.15, 0.2) is 48.5 Å². The van der Waals surface area contributed by atoms with E-state index in [1.165, 1.54) is 155 Å². The van der Waals surface area contributed by atoms with Crippen molar-refractivity contribution in [3.05, 3.63) is 55.7 Å². The quantitative estimate of drug-likeness (QED) is 0.0397. The Hall–Kier alpha value is -1.28. The predicted octanol–water partition coefficient (Wildman–Crippen LogP) is 15.0. The fourth-order valence-corrected chi connectivity index (χ4v) is 7.71. The Bertz CT molecular complexity index is 1350. The van der Waals surface area contributed by atoms with Crippen LogP contribution in [-0.4, -0.2) is 13.2 Å². The molecule has 0 saturated heterocycles. The number of hydrogen-bond acceptors (Lipinski definition) is 2. The maximum absolute atomic E-state index is 6.54. The van der Waals surface area contributed by atoms with E-state index in [0.717, 1.165) is 37.6 Å². The second kappa shape index (κ2) is 21.6. The lowest BCUT2D eigenvalue weighted by Crippen LogP contribution is -2.03. The van der Waals surface area contributed by atoms with Gasteiger partial charge in [0.15, 0.2) is 11.5 Å². The van der Waals surface area contributed by atoms with Gasteiger partial charge in [-0.15, -0.1) is 0 Å². The Labute approximate surface area is 307 Å². The molecule has 0 aliphatic heterocycles. The molecular formula is C42H58I2O2. The Balaban J connectivity index is 1.41. The molecule has 0 spiro atoms. The molecule has 4 aromatic carbocycles. The summed E-state index contributed by atoms with van der Waals surface area (Å²) in [7, 11) is 0. The summed E-state index contributed by atoms with van der Waals surface area (Å²) in [6.45, 7) is 6.08. The molecular weight excluding hydrogens is 790 g/mol. The van der Waals surface area contributed by atoms with Crippen LogP contribution in [0.5, 0.6) is 11.5 Å². The summed E-state index contributed by atoms with van der Waals surface area (Å²) in [6, 6.07) is 18.2. The van der Waals surface area contributed by atoms with Gasteiger partial charge in [-0.1, -0.05) is 142 Å². The van der Waals surface area contributed by atoms with E-state index in [0.29, 0.717) is 0 Å². The summed E-state index contributed by atoms with van der Waals surface area (Å²) in [5, 5.41) is 7.71. The smallest absolute Gasteiger partial charge is 0.161 e. The molecule has 0 atom stereocenters. The first kappa shape index (κ1) is 37.5. The van der Waals surface area contributed by atoms with Gasteiger partial charge in [-0.3, -0.25) is 0 Å². The lowest BCUT2D eigenvalue weighted by molar-refractivity contribution is 0.259. The zero-order chi connectivity index (χ0) is 32.4. The number of halogens is 2. The molecule has 252 valence electrons. The molecule has 46 heavy (non-hydrogen) atoms. The second-order valence-corrected chi connectivity index (χ2v) is 15.8. The van der Waals surface area contributed by atoms with E-state index >= 15 is 0 Å². The molecule has 0 saturated carbocycles. The highest BCUT2D eigenvalue weighted by molar-refractivity contribution is 14.1. The summed E-state index contributed by atoms with van der Waals surface area (Å²) < 4.78 is 15.6. The van der Waals surface area contributed by atoms with Gasteiger partial charge in [-0.25, -0.2) is 0 Å². The predicted molar refractivity (Wildman–Crippen MR) is 219 cm³/mol. The zero-order valence-corrected chi connectivity index (χ0v) is 33.1. The number of hydrogen-bond donors (Lipinski definition) is 0. The van der Waals surface area contributed by atoms with Crippen molar-refractivity contribution in [1.29, 1.82) is 0 Å². The van der Waals surface area contributed by atoms with Crippen LogP contribution in [0.1, 0.15) is 142 Å². The van der Waals surface area contributed by atoms with Crippen molar-refractivity contribution in [2.45, 2.75) is 142 Å². The monoisotopic (exact) mass is 848 g/mol. The fraction of sp³-hybridized carbons (Fsp3) is 0.571. The number of ether oxygens (including phenoxy) is 2. The van der Waals surface area contributed by atoms with E-state index < -0.39 is 0 Å². The van der Waals surface area contributed by atoms with Crippen LogP contribution in [0.25, 0.3) is 32.3 Å². The van der Waals surface area contributed by atoms with E-state index in [2.05, 4.69) is 108 Å². The molecule has 0 amide bonds. The molecule has 4 rings (SSSR count). The molecule has 0 aliphatic carbocycles. The topological polar surface area (TPSA) is 18.5 Å². The Morgan fingerprint density at radius 3 is 1.02 bits per heavy atom. The first-order valence-corrected chi connectivity index (χ1v) is 20.8. The van der Waals surface area contributed by atoms with Gasteiger partial charge in [0.05, 0.1) is 13.2 Å². The zero-order valence-electron chi connectivity index (χ0n) is 28.7. The average Bonchev–Trinajstić information content (AvgIpc) is 3.06. The van der Waals surface area contributed by atoms with Crippen molar-refractivity contribution in [3.63, 3.8) is 0 Å². The maximum Gasteiger partial charge on any atom is 0.161 e. The molecule has 0 aliphatic rings. The van der Waals surface area contributed by atoms with Crippen LogP contribution >= 0.6 is 45.2 Å². The minimum Gasteiger partial charge on any atom is -0.490 e. The first-order chi connectivity index (χ1) is 22.6. The van der Waals surface area contributed by atoms with Crippen LogP contribution in [0.2, 0.25) is 0 Å². The van der Waals surface area contributed by atoms with Gasteiger partial charge in [0, 0.05) is 7.14 Å². The number of rotatable bonds is 24. The summed E-state index contributed by atoms with van der Waals surface area (Å²) in [6.07, 6.45) is 26.6. The van der Waals surface area contributed by atoms with Crippen LogP contribution < -0.4 is 9.47 Å². The van der Waals surface area contributed by atoms with Crippen molar-refractivity contribution in [2.75, 3.05) is 13.2 Å². The van der Waals surface area contributed by atoms with Crippen LogP contribution in [0, 0.1) is 7.14 Å². The number of fused-ring (bicyclic) bond motifs is 6. The molecule has 2 nitrogen and oxygen atoms in total. The number of benzene rings is 4. The van der Waals surface area contributed by atoms with Gasteiger partial charge in [0.25, 0.3) is 0 Å². The molecule has 4 heteroatoms. The highest BCUT2D eigenvalue weighted by Gasteiger charge is 2.15. The molecule has 0 radical (unpaired) electrons. The molecule has 0 N–H and O–H groups in total. The number of unbranched alkanes of at least 4 members (excludes halogenated alkanes) is 18. The first-order valence-electron chi connectivity index (χ1n) is 18.7. The summed E-state index contributed by atoms with van der Waals surface area (Å²) >= 11 is 4.87. The van der Waals surface area contributed by atoms with Crippen molar-refractivity contribution in [1.82, 2.24) is 0 Å². The molecule has 0 aromatic heterocycles. The summed E-state index contributed by atoms with van der Waals surface area (Å²) in [4.78, 5) is 0. The van der Waals surface area contributed by atoms with Crippen LogP contribution in [-0.2, 0) is 0 Å². The lowest BCUT2D eigenvalue weighted by atomic mass is 9.94. The summed E-state index contributed by atoms with van der Waals surface area (Å²) in [5.41, 5.74) is 0. The van der Waals surface area contributed by atoms with Gasteiger partial charge in [-0.05, 0) is 127 Å². The van der Waals surface area contributed by atoms with Crippen LogP contribution in [0.4, 0.5) is 0 Å². The third-order valence-corrected chi connectivity index (χ3v) is 10.8. The minimum atomic E-state index is 0.748. The minimum absolute atomic E-state index is 0.748. The fourth-order valence-electron chi connectivity index (χ4n) is 6.72. The Kier molecular flexibility index (Phi) is 17.7. The molecule has 0 bridgehead atoms. The highest BCUT2D eigenvalue weighted by Crippen LogP contribution is 2.42. The van der Waals surface area contributed by atoms with E-state index in [1.807, 2.05) is 0 Å². The van der Waals surface area contributed by atoms with Crippen molar-refractivity contribution >= 4 is 77.5 Å². The molecule has 4 aromatic rings. The van der Waals surface area contributed by atoms with Gasteiger partial charge < -0.3 is 9.47 Å². The Morgan fingerprint density at radius 1 is 0.370 bits per heavy atom. The standard InChI is InChI=1S/C42H58I2O2/c1-3-5-7-9-11-13-15-17-19-21-27-45-41-31-39-35-25-23-33(43)29-37(35)38-30-34(44)24-26-36(38)40(39)32-42(41)46-28-22-20-18-16-14-12-10-8-6-4-2/h23-26,29-32H,3-22,27-28H2,1-2H3. The van der Waals surface area contributed by atoms with Gasteiger partial charge in [-0.2, -0.15) is 0 Å². The largest absolute Gasteiger partial charge is 0.490 e. The van der Waals surface area contributed by atoms with Crippen molar-refractivity contribution < 1.29 is 9.47 Å². The molecule has 0 heterocycles. The summed E-state index contributed by atoms with van der Waals surface area (Å²) in [5.74, 6) is 1.81. The normalized spacial score (nSPS) is 11.7. The van der Waals surface area contributed by atoms with Crippen molar-refractivity contribution in [2.24, 2.45) is 0 Å². The van der Waals surface area contributed by atoms with Gasteiger partial charge in [0.2, 0.25) is 0 Å². The second-order valence-electron chi connectivity index (χ2n) is 13.3. The van der Waals surface area contributed by atoms with Crippen LogP contribution in [0.3, 0.4) is 0 Å². The van der Waals surface area contributed by atoms with E-state index in [-0.39, 0.29) is 0 Å². The lowest BCUT2D eigenvalue weighted by Gasteiger charge is -2.17.